The molecule has 2 amide bonds. The van der Waals surface area contributed by atoms with Crippen LogP contribution in [-0.4, -0.2) is 39.6 Å². The van der Waals surface area contributed by atoms with E-state index >= 15 is 0 Å². The van der Waals surface area contributed by atoms with E-state index in [9.17, 15) is 14.9 Å². The number of benzene rings is 1. The number of nitrogens with two attached hydrogens (primary N) is 1. The lowest BCUT2D eigenvalue weighted by Crippen LogP contribution is -2.32. The third-order valence-corrected chi connectivity index (χ3v) is 6.25. The van der Waals surface area contributed by atoms with Gasteiger partial charge in [-0.25, -0.2) is 0 Å². The molecule has 1 unspecified atom stereocenters. The van der Waals surface area contributed by atoms with E-state index < -0.39 is 5.91 Å². The molecule has 0 saturated heterocycles. The summed E-state index contributed by atoms with van der Waals surface area (Å²) in [5.41, 5.74) is 7.23. The van der Waals surface area contributed by atoms with Gasteiger partial charge in [0, 0.05) is 30.5 Å². The minimum Gasteiger partial charge on any atom is -0.365 e. The molecule has 1 saturated carbocycles. The average molecular weight is 451 g/mol. The van der Waals surface area contributed by atoms with Gasteiger partial charge in [0.2, 0.25) is 0 Å². The van der Waals surface area contributed by atoms with Crippen molar-refractivity contribution in [3.05, 3.63) is 41.6 Å². The van der Waals surface area contributed by atoms with E-state index in [-0.39, 0.29) is 17.5 Å². The van der Waals surface area contributed by atoms with Gasteiger partial charge in [0.25, 0.3) is 11.8 Å². The molecule has 3 rings (SSSR count). The van der Waals surface area contributed by atoms with Crippen molar-refractivity contribution >= 4 is 23.3 Å². The molecule has 0 radical (unpaired) electrons. The summed E-state index contributed by atoms with van der Waals surface area (Å²) in [6, 6.07) is 9.35. The zero-order valence-corrected chi connectivity index (χ0v) is 19.6. The van der Waals surface area contributed by atoms with Gasteiger partial charge in [-0.1, -0.05) is 26.7 Å². The zero-order chi connectivity index (χ0) is 23.8. The molecule has 33 heavy (non-hydrogen) atoms. The van der Waals surface area contributed by atoms with Crippen LogP contribution in [0.1, 0.15) is 85.6 Å². The van der Waals surface area contributed by atoms with E-state index in [1.165, 1.54) is 0 Å². The van der Waals surface area contributed by atoms with Gasteiger partial charge in [-0.2, -0.15) is 10.4 Å². The number of hydrogen-bond donors (Lipinski definition) is 2. The maximum absolute atomic E-state index is 12.8. The molecule has 0 bridgehead atoms. The summed E-state index contributed by atoms with van der Waals surface area (Å²) in [5.74, 6) is 0.175. The molecule has 1 aromatic heterocycles. The molecule has 176 valence electrons. The smallest absolute Gasteiger partial charge is 0.254 e. The standard InChI is InChI=1S/C25H34N6O2/c1-3-15-30(16-4-2)25(33)19-9-11-20(12-10-19)28-24-21(23(27)32)17-31(29-24)22(13-14-26)18-7-5-6-8-18/h9-12,17-18,22H,3-8,13,15-16H2,1-2H3,(H2,27,32)(H,28,29). The maximum atomic E-state index is 12.8. The number of anilines is 2. The van der Waals surface area contributed by atoms with Gasteiger partial charge in [-0.3, -0.25) is 14.3 Å². The largest absolute Gasteiger partial charge is 0.365 e. The summed E-state index contributed by atoms with van der Waals surface area (Å²) in [4.78, 5) is 26.8. The lowest BCUT2D eigenvalue weighted by molar-refractivity contribution is 0.0755. The average Bonchev–Trinajstić information content (AvgIpc) is 3.48. The fourth-order valence-electron chi connectivity index (χ4n) is 4.62. The molecular weight excluding hydrogens is 416 g/mol. The first-order valence-electron chi connectivity index (χ1n) is 11.9. The van der Waals surface area contributed by atoms with Crippen LogP contribution >= 0.6 is 0 Å². The number of hydrogen-bond acceptors (Lipinski definition) is 5. The van der Waals surface area contributed by atoms with Gasteiger partial charge in [0.05, 0.1) is 18.5 Å². The van der Waals surface area contributed by atoms with Gasteiger partial charge < -0.3 is 16.0 Å². The van der Waals surface area contributed by atoms with Gasteiger partial charge >= 0.3 is 0 Å². The molecule has 1 fully saturated rings. The molecule has 1 atom stereocenters. The highest BCUT2D eigenvalue weighted by Gasteiger charge is 2.28. The number of nitrogens with zero attached hydrogens (tertiary/aromatic N) is 4. The summed E-state index contributed by atoms with van der Waals surface area (Å²) < 4.78 is 1.73. The van der Waals surface area contributed by atoms with Gasteiger partial charge in [-0.05, 0) is 55.9 Å². The molecule has 8 heteroatoms. The van der Waals surface area contributed by atoms with Gasteiger partial charge in [-0.15, -0.1) is 0 Å². The van der Waals surface area contributed by atoms with Crippen LogP contribution in [0.2, 0.25) is 0 Å². The predicted molar refractivity (Wildman–Crippen MR) is 128 cm³/mol. The van der Waals surface area contributed by atoms with Crippen LogP contribution in [0.15, 0.2) is 30.5 Å². The van der Waals surface area contributed by atoms with Crippen molar-refractivity contribution in [2.45, 2.75) is 64.8 Å². The number of aromatic nitrogens is 2. The number of carbonyl (C=O) groups excluding carboxylic acids is 2. The van der Waals surface area contributed by atoms with Gasteiger partial charge in [0.15, 0.2) is 5.82 Å². The number of carbonyl (C=O) groups is 2. The second-order valence-electron chi connectivity index (χ2n) is 8.70. The Morgan fingerprint density at radius 3 is 2.39 bits per heavy atom. The SMILES string of the molecule is CCCN(CCC)C(=O)c1ccc(Nc2nn(C(CC#N)C3CCCC3)cc2C(N)=O)cc1. The Morgan fingerprint density at radius 2 is 1.85 bits per heavy atom. The summed E-state index contributed by atoms with van der Waals surface area (Å²) >= 11 is 0. The number of rotatable bonds is 11. The molecule has 8 nitrogen and oxygen atoms in total. The molecular formula is C25H34N6O2. The predicted octanol–water partition coefficient (Wildman–Crippen LogP) is 4.63. The molecule has 2 aromatic rings. The number of amides is 2. The Morgan fingerprint density at radius 1 is 1.21 bits per heavy atom. The van der Waals surface area contributed by atoms with E-state index in [1.807, 2.05) is 4.90 Å². The van der Waals surface area contributed by atoms with Crippen molar-refractivity contribution in [1.29, 1.82) is 5.26 Å². The van der Waals surface area contributed by atoms with Crippen molar-refractivity contribution in [2.24, 2.45) is 11.7 Å². The second-order valence-corrected chi connectivity index (χ2v) is 8.70. The minimum absolute atomic E-state index is 0.0169. The van der Waals surface area contributed by atoms with Crippen LogP contribution < -0.4 is 11.1 Å². The fourth-order valence-corrected chi connectivity index (χ4v) is 4.62. The second kappa shape index (κ2) is 11.5. The number of nitriles is 1. The Kier molecular flexibility index (Phi) is 8.47. The molecule has 1 aromatic carbocycles. The monoisotopic (exact) mass is 450 g/mol. The van der Waals surface area contributed by atoms with Crippen LogP contribution in [0, 0.1) is 17.2 Å². The Balaban J connectivity index is 1.80. The van der Waals surface area contributed by atoms with Crippen molar-refractivity contribution in [2.75, 3.05) is 18.4 Å². The summed E-state index contributed by atoms with van der Waals surface area (Å²) in [5, 5.41) is 17.1. The summed E-state index contributed by atoms with van der Waals surface area (Å²) in [6.45, 7) is 5.59. The van der Waals surface area contributed by atoms with Crippen LogP contribution in [0.3, 0.4) is 0 Å². The molecule has 1 heterocycles. The lowest BCUT2D eigenvalue weighted by Gasteiger charge is -2.21. The number of nitrogens with one attached hydrogen (secondary N) is 1. The zero-order valence-electron chi connectivity index (χ0n) is 19.6. The summed E-state index contributed by atoms with van der Waals surface area (Å²) in [7, 11) is 0. The highest BCUT2D eigenvalue weighted by molar-refractivity contribution is 5.98. The Bertz CT molecular complexity index is 979. The quantitative estimate of drug-likeness (QED) is 0.517. The maximum Gasteiger partial charge on any atom is 0.254 e. The van der Waals surface area contributed by atoms with Crippen molar-refractivity contribution < 1.29 is 9.59 Å². The molecule has 0 aliphatic heterocycles. The Hall–Kier alpha value is -3.34. The third kappa shape index (κ3) is 5.92. The van der Waals surface area contributed by atoms with Crippen molar-refractivity contribution in [1.82, 2.24) is 14.7 Å². The van der Waals surface area contributed by atoms with Gasteiger partial charge in [0.1, 0.15) is 5.56 Å². The Labute approximate surface area is 195 Å². The first kappa shape index (κ1) is 24.3. The lowest BCUT2D eigenvalue weighted by atomic mass is 9.96. The third-order valence-electron chi connectivity index (χ3n) is 6.25. The fraction of sp³-hybridized carbons (Fsp3) is 0.520. The van der Waals surface area contributed by atoms with E-state index in [1.54, 1.807) is 35.1 Å². The first-order valence-corrected chi connectivity index (χ1v) is 11.9. The van der Waals surface area contributed by atoms with E-state index in [0.29, 0.717) is 29.4 Å². The van der Waals surface area contributed by atoms with Crippen LogP contribution in [0.25, 0.3) is 0 Å². The van der Waals surface area contributed by atoms with E-state index in [0.717, 1.165) is 51.6 Å². The van der Waals surface area contributed by atoms with Crippen LogP contribution in [0.5, 0.6) is 0 Å². The number of primary amides is 1. The minimum atomic E-state index is -0.576. The summed E-state index contributed by atoms with van der Waals surface area (Å²) in [6.07, 6.45) is 8.24. The van der Waals surface area contributed by atoms with Crippen LogP contribution in [0.4, 0.5) is 11.5 Å². The van der Waals surface area contributed by atoms with Crippen LogP contribution in [-0.2, 0) is 0 Å². The van der Waals surface area contributed by atoms with E-state index in [4.69, 9.17) is 5.73 Å². The molecule has 0 spiro atoms. The first-order chi connectivity index (χ1) is 16.0. The van der Waals surface area contributed by atoms with Crippen molar-refractivity contribution in [3.63, 3.8) is 0 Å². The molecule has 3 N–H and O–H groups in total. The molecule has 1 aliphatic carbocycles. The van der Waals surface area contributed by atoms with E-state index in [2.05, 4.69) is 30.3 Å². The topological polar surface area (TPSA) is 117 Å². The highest BCUT2D eigenvalue weighted by atomic mass is 16.2. The normalized spacial score (nSPS) is 14.6. The van der Waals surface area contributed by atoms with Crippen molar-refractivity contribution in [3.8, 4) is 6.07 Å². The molecule has 1 aliphatic rings. The highest BCUT2D eigenvalue weighted by Crippen LogP contribution is 2.36.